The normalized spacial score (nSPS) is 48.6. The number of fused-ring (bicyclic) bond motifs is 1. The number of aliphatic hydroxyl groups excluding tert-OH is 3. The molecule has 3 N–H and O–H groups in total. The fourth-order valence-electron chi connectivity index (χ4n) is 2.06. The molecule has 5 heteroatoms. The molecule has 2 fully saturated rings. The smallest absolute Gasteiger partial charge is 0.107 e. The van der Waals surface area contributed by atoms with Crippen molar-refractivity contribution in [2.24, 2.45) is 0 Å². The van der Waals surface area contributed by atoms with Crippen LogP contribution in [0.25, 0.3) is 0 Å². The van der Waals surface area contributed by atoms with Crippen LogP contribution >= 0.6 is 0 Å². The van der Waals surface area contributed by atoms with Crippen molar-refractivity contribution in [2.45, 2.75) is 43.4 Å². The van der Waals surface area contributed by atoms with E-state index in [9.17, 15) is 10.2 Å². The molecule has 2 saturated heterocycles. The van der Waals surface area contributed by atoms with Crippen molar-refractivity contribution in [3.63, 3.8) is 0 Å². The van der Waals surface area contributed by atoms with Gasteiger partial charge in [-0.2, -0.15) is 0 Å². The summed E-state index contributed by atoms with van der Waals surface area (Å²) >= 11 is 0. The first kappa shape index (κ1) is 10.3. The van der Waals surface area contributed by atoms with Gasteiger partial charge in [0.25, 0.3) is 0 Å². The molecule has 82 valence electrons. The Hall–Kier alpha value is -0.200. The summed E-state index contributed by atoms with van der Waals surface area (Å²) in [7, 11) is 0. The summed E-state index contributed by atoms with van der Waals surface area (Å²) in [6.07, 6.45) is -1.04. The van der Waals surface area contributed by atoms with Crippen molar-refractivity contribution in [3.05, 3.63) is 0 Å². The van der Waals surface area contributed by atoms with E-state index in [1.165, 1.54) is 0 Å². The molecular weight excluding hydrogens is 188 g/mol. The molecule has 14 heavy (non-hydrogen) atoms. The van der Waals surface area contributed by atoms with E-state index in [0.717, 1.165) is 0 Å². The van der Waals surface area contributed by atoms with Gasteiger partial charge in [0.15, 0.2) is 0 Å². The lowest BCUT2D eigenvalue weighted by Gasteiger charge is -2.42. The molecule has 0 spiro atoms. The third-order valence-electron chi connectivity index (χ3n) is 2.85. The average molecular weight is 204 g/mol. The molecule has 0 bridgehead atoms. The van der Waals surface area contributed by atoms with Gasteiger partial charge in [-0.25, -0.2) is 0 Å². The van der Waals surface area contributed by atoms with Crippen LogP contribution in [0.2, 0.25) is 0 Å². The Morgan fingerprint density at radius 1 is 1.14 bits per heavy atom. The molecule has 0 radical (unpaired) electrons. The molecule has 0 saturated carbocycles. The zero-order valence-corrected chi connectivity index (χ0v) is 7.87. The number of hydrogen-bond donors (Lipinski definition) is 3. The predicted octanol–water partition coefficient (Wildman–Crippen LogP) is -1.35. The van der Waals surface area contributed by atoms with Gasteiger partial charge in [-0.05, 0) is 0 Å². The van der Waals surface area contributed by atoms with Crippen LogP contribution in [-0.4, -0.2) is 59.1 Å². The lowest BCUT2D eigenvalue weighted by atomic mass is 9.93. The van der Waals surface area contributed by atoms with Gasteiger partial charge < -0.3 is 24.8 Å². The maximum atomic E-state index is 9.55. The molecule has 5 nitrogen and oxygen atoms in total. The first-order chi connectivity index (χ1) is 6.70. The maximum Gasteiger partial charge on any atom is 0.107 e. The summed E-state index contributed by atoms with van der Waals surface area (Å²) in [5.74, 6) is 0. The van der Waals surface area contributed by atoms with Crippen LogP contribution < -0.4 is 0 Å². The van der Waals surface area contributed by atoms with Crippen molar-refractivity contribution in [1.82, 2.24) is 0 Å². The summed E-state index contributed by atoms with van der Waals surface area (Å²) in [4.78, 5) is 0. The van der Waals surface area contributed by atoms with Gasteiger partial charge in [-0.1, -0.05) is 0 Å². The van der Waals surface area contributed by atoms with E-state index in [0.29, 0.717) is 19.4 Å². The van der Waals surface area contributed by atoms with Crippen molar-refractivity contribution in [2.75, 3.05) is 13.2 Å². The van der Waals surface area contributed by atoms with E-state index in [2.05, 4.69) is 0 Å². The second kappa shape index (κ2) is 4.12. The second-order valence-corrected chi connectivity index (χ2v) is 3.96. The van der Waals surface area contributed by atoms with Crippen LogP contribution in [0.3, 0.4) is 0 Å². The molecule has 4 unspecified atom stereocenters. The highest BCUT2D eigenvalue weighted by molar-refractivity contribution is 4.89. The zero-order chi connectivity index (χ0) is 10.1. The Balaban J connectivity index is 1.98. The molecule has 0 aliphatic carbocycles. The SMILES string of the molecule is OCC1O[C@H]2CC(O)COC2CC1O. The highest BCUT2D eigenvalue weighted by Crippen LogP contribution is 2.28. The maximum absolute atomic E-state index is 9.55. The first-order valence-corrected chi connectivity index (χ1v) is 4.94. The van der Waals surface area contributed by atoms with Gasteiger partial charge >= 0.3 is 0 Å². The Labute approximate surface area is 82.3 Å². The topological polar surface area (TPSA) is 79.2 Å². The van der Waals surface area contributed by atoms with Gasteiger partial charge in [0, 0.05) is 12.8 Å². The van der Waals surface area contributed by atoms with Crippen molar-refractivity contribution in [1.29, 1.82) is 0 Å². The van der Waals surface area contributed by atoms with E-state index >= 15 is 0 Å². The minimum absolute atomic E-state index is 0.142. The summed E-state index contributed by atoms with van der Waals surface area (Å²) in [5.41, 5.74) is 0. The van der Waals surface area contributed by atoms with E-state index < -0.39 is 18.3 Å². The largest absolute Gasteiger partial charge is 0.394 e. The van der Waals surface area contributed by atoms with E-state index in [1.54, 1.807) is 0 Å². The predicted molar refractivity (Wildman–Crippen MR) is 46.7 cm³/mol. The average Bonchev–Trinajstić information content (AvgIpc) is 2.17. The lowest BCUT2D eigenvalue weighted by molar-refractivity contribution is -0.226. The third-order valence-corrected chi connectivity index (χ3v) is 2.85. The number of rotatable bonds is 1. The molecule has 2 aliphatic rings. The van der Waals surface area contributed by atoms with Gasteiger partial charge in [-0.3, -0.25) is 0 Å². The van der Waals surface area contributed by atoms with E-state index in [1.807, 2.05) is 0 Å². The standard InChI is InChI=1S/C9H16O5/c10-3-9-6(12)2-7-8(14-9)1-5(11)4-13-7/h5-12H,1-4H2/t5?,6?,7?,8-,9?/m0/s1. The summed E-state index contributed by atoms with van der Waals surface area (Å²) < 4.78 is 10.8. The van der Waals surface area contributed by atoms with Crippen molar-refractivity contribution >= 4 is 0 Å². The van der Waals surface area contributed by atoms with E-state index in [4.69, 9.17) is 14.6 Å². The summed E-state index contributed by atoms with van der Waals surface area (Å²) in [6, 6.07) is 0. The molecule has 2 heterocycles. The van der Waals surface area contributed by atoms with Crippen LogP contribution in [0.4, 0.5) is 0 Å². The summed E-state index contributed by atoms with van der Waals surface area (Å²) in [5, 5.41) is 27.8. The van der Waals surface area contributed by atoms with Gasteiger partial charge in [0.2, 0.25) is 0 Å². The quantitative estimate of drug-likeness (QED) is 0.492. The minimum Gasteiger partial charge on any atom is -0.394 e. The molecule has 2 aliphatic heterocycles. The molecular formula is C9H16O5. The first-order valence-electron chi connectivity index (χ1n) is 4.94. The monoisotopic (exact) mass is 204 g/mol. The highest BCUT2D eigenvalue weighted by atomic mass is 16.6. The van der Waals surface area contributed by atoms with Crippen LogP contribution in [0.15, 0.2) is 0 Å². The number of aliphatic hydroxyl groups is 3. The van der Waals surface area contributed by atoms with Crippen LogP contribution in [0.5, 0.6) is 0 Å². The fourth-order valence-corrected chi connectivity index (χ4v) is 2.06. The van der Waals surface area contributed by atoms with Gasteiger partial charge in [0.05, 0.1) is 37.6 Å². The third kappa shape index (κ3) is 1.92. The van der Waals surface area contributed by atoms with Crippen LogP contribution in [0.1, 0.15) is 12.8 Å². The molecule has 0 aromatic heterocycles. The Bertz CT molecular complexity index is 198. The Kier molecular flexibility index (Phi) is 3.04. The molecule has 2 rings (SSSR count). The van der Waals surface area contributed by atoms with Crippen molar-refractivity contribution < 1.29 is 24.8 Å². The van der Waals surface area contributed by atoms with Gasteiger partial charge in [0.1, 0.15) is 6.10 Å². The molecule has 5 atom stereocenters. The van der Waals surface area contributed by atoms with Gasteiger partial charge in [-0.15, -0.1) is 0 Å². The zero-order valence-electron chi connectivity index (χ0n) is 7.87. The lowest BCUT2D eigenvalue weighted by Crippen LogP contribution is -2.53. The van der Waals surface area contributed by atoms with E-state index in [-0.39, 0.29) is 18.8 Å². The Morgan fingerprint density at radius 3 is 2.64 bits per heavy atom. The van der Waals surface area contributed by atoms with Crippen LogP contribution in [0, 0.1) is 0 Å². The number of hydrogen-bond acceptors (Lipinski definition) is 5. The fraction of sp³-hybridized carbons (Fsp3) is 1.00. The minimum atomic E-state index is -0.670. The van der Waals surface area contributed by atoms with Crippen LogP contribution in [-0.2, 0) is 9.47 Å². The van der Waals surface area contributed by atoms with Crippen molar-refractivity contribution in [3.8, 4) is 0 Å². The summed E-state index contributed by atoms with van der Waals surface area (Å²) in [6.45, 7) is 0.113. The molecule has 0 aromatic carbocycles. The highest BCUT2D eigenvalue weighted by Gasteiger charge is 2.40. The number of ether oxygens (including phenoxy) is 2. The second-order valence-electron chi connectivity index (χ2n) is 3.96. The Morgan fingerprint density at radius 2 is 1.93 bits per heavy atom. The molecule has 0 amide bonds. The molecule has 0 aromatic rings.